The van der Waals surface area contributed by atoms with Crippen molar-refractivity contribution in [2.24, 2.45) is 5.92 Å². The molecule has 0 bridgehead atoms. The third kappa shape index (κ3) is 4.59. The molecule has 1 aromatic rings. The van der Waals surface area contributed by atoms with E-state index >= 15 is 0 Å². The lowest BCUT2D eigenvalue weighted by atomic mass is 9.99. The van der Waals surface area contributed by atoms with Crippen molar-refractivity contribution >= 4 is 17.8 Å². The van der Waals surface area contributed by atoms with Gasteiger partial charge in [-0.05, 0) is 43.5 Å². The molecule has 26 heavy (non-hydrogen) atoms. The van der Waals surface area contributed by atoms with Crippen LogP contribution in [-0.2, 0) is 9.53 Å². The number of phenolic OH excluding ortho intramolecular Hbond substituents is 1. The Morgan fingerprint density at radius 2 is 1.81 bits per heavy atom. The van der Waals surface area contributed by atoms with Crippen LogP contribution in [0.15, 0.2) is 30.4 Å². The number of rotatable bonds is 0. The fourth-order valence-corrected chi connectivity index (χ4v) is 2.64. The maximum absolute atomic E-state index is 12.5. The lowest BCUT2D eigenvalue weighted by molar-refractivity contribution is -0.127. The highest BCUT2D eigenvalue weighted by Crippen LogP contribution is 2.27. The van der Waals surface area contributed by atoms with Crippen molar-refractivity contribution < 1.29 is 29.6 Å². The van der Waals surface area contributed by atoms with Gasteiger partial charge >= 0.3 is 5.97 Å². The fraction of sp³-hybridized carbons (Fsp3) is 0.400. The van der Waals surface area contributed by atoms with E-state index in [0.29, 0.717) is 5.56 Å². The van der Waals surface area contributed by atoms with Crippen LogP contribution in [0, 0.1) is 12.8 Å². The lowest BCUT2D eigenvalue weighted by Gasteiger charge is -2.20. The summed E-state index contributed by atoms with van der Waals surface area (Å²) in [5.41, 5.74) is 1.23. The zero-order valence-electron chi connectivity index (χ0n) is 15.0. The number of cyclic esters (lactones) is 1. The molecular weight excluding hydrogens is 336 g/mol. The third-order valence-corrected chi connectivity index (χ3v) is 4.42. The maximum atomic E-state index is 12.5. The third-order valence-electron chi connectivity index (χ3n) is 4.42. The summed E-state index contributed by atoms with van der Waals surface area (Å²) in [5.74, 6) is -1.77. The van der Waals surface area contributed by atoms with Crippen LogP contribution in [-0.4, -0.2) is 45.4 Å². The van der Waals surface area contributed by atoms with Gasteiger partial charge in [-0.1, -0.05) is 31.2 Å². The summed E-state index contributed by atoms with van der Waals surface area (Å²) in [5, 5.41) is 30.1. The molecule has 0 aromatic heterocycles. The Bertz CT molecular complexity index is 749. The zero-order chi connectivity index (χ0) is 19.4. The van der Waals surface area contributed by atoms with E-state index in [1.165, 1.54) is 24.3 Å². The van der Waals surface area contributed by atoms with E-state index in [1.807, 2.05) is 0 Å². The molecule has 0 amide bonds. The van der Waals surface area contributed by atoms with Gasteiger partial charge in [0.15, 0.2) is 5.78 Å². The summed E-state index contributed by atoms with van der Waals surface area (Å²) >= 11 is 0. The Kier molecular flexibility index (Phi) is 6.34. The normalized spacial score (nSPS) is 28.8. The number of aliphatic hydroxyl groups is 2. The van der Waals surface area contributed by atoms with Crippen LogP contribution in [0.25, 0.3) is 6.08 Å². The van der Waals surface area contributed by atoms with Crippen LogP contribution < -0.4 is 0 Å². The number of benzene rings is 1. The number of fused-ring (bicyclic) bond motifs is 1. The summed E-state index contributed by atoms with van der Waals surface area (Å²) in [7, 11) is 0. The van der Waals surface area contributed by atoms with Crippen molar-refractivity contribution in [2.75, 3.05) is 0 Å². The summed E-state index contributed by atoms with van der Waals surface area (Å²) in [6.45, 7) is 5.21. The lowest BCUT2D eigenvalue weighted by Crippen LogP contribution is -2.32. The summed E-state index contributed by atoms with van der Waals surface area (Å²) in [6, 6.07) is 3.18. The Morgan fingerprint density at radius 3 is 2.50 bits per heavy atom. The van der Waals surface area contributed by atoms with Crippen molar-refractivity contribution in [3.8, 4) is 5.75 Å². The summed E-state index contributed by atoms with van der Waals surface area (Å²) < 4.78 is 5.43. The van der Waals surface area contributed by atoms with E-state index in [1.54, 1.807) is 32.9 Å². The number of carbonyl (C=O) groups is 2. The van der Waals surface area contributed by atoms with Gasteiger partial charge in [-0.2, -0.15) is 0 Å². The van der Waals surface area contributed by atoms with E-state index in [0.717, 1.165) is 5.56 Å². The van der Waals surface area contributed by atoms with Gasteiger partial charge in [0.05, 0.1) is 6.10 Å². The molecule has 140 valence electrons. The number of esters is 1. The highest BCUT2D eigenvalue weighted by molar-refractivity contribution is 5.97. The first-order chi connectivity index (χ1) is 12.2. The molecule has 0 aliphatic carbocycles. The molecule has 0 saturated carbocycles. The largest absolute Gasteiger partial charge is 0.507 e. The van der Waals surface area contributed by atoms with Crippen molar-refractivity contribution in [3.05, 3.63) is 47.1 Å². The summed E-state index contributed by atoms with van der Waals surface area (Å²) in [4.78, 5) is 24.5. The molecule has 1 heterocycles. The van der Waals surface area contributed by atoms with E-state index in [2.05, 4.69) is 0 Å². The molecule has 0 unspecified atom stereocenters. The average Bonchev–Trinajstić information content (AvgIpc) is 2.56. The Hall–Kier alpha value is -2.44. The van der Waals surface area contributed by atoms with Gasteiger partial charge < -0.3 is 20.1 Å². The number of aliphatic hydroxyl groups excluding tert-OH is 2. The molecule has 4 atom stereocenters. The van der Waals surface area contributed by atoms with Gasteiger partial charge in [-0.3, -0.25) is 4.79 Å². The molecule has 3 N–H and O–H groups in total. The molecule has 1 aliphatic heterocycles. The smallest absolute Gasteiger partial charge is 0.342 e. The van der Waals surface area contributed by atoms with Crippen LogP contribution in [0.5, 0.6) is 5.75 Å². The first-order valence-corrected chi connectivity index (χ1v) is 8.50. The topological polar surface area (TPSA) is 104 Å². The molecule has 0 spiro atoms. The molecule has 0 saturated heterocycles. The predicted molar refractivity (Wildman–Crippen MR) is 96.7 cm³/mol. The molecule has 6 nitrogen and oxygen atoms in total. The minimum absolute atomic E-state index is 0.00982. The minimum atomic E-state index is -1.53. The van der Waals surface area contributed by atoms with Crippen molar-refractivity contribution in [3.63, 3.8) is 0 Å². The van der Waals surface area contributed by atoms with Crippen LogP contribution in [0.3, 0.4) is 0 Å². The number of carbonyl (C=O) groups excluding carboxylic acids is 2. The van der Waals surface area contributed by atoms with E-state index in [-0.39, 0.29) is 23.7 Å². The van der Waals surface area contributed by atoms with Crippen LogP contribution in [0.4, 0.5) is 0 Å². The number of ketones is 1. The maximum Gasteiger partial charge on any atom is 0.342 e. The standard InChI is InChI=1S/C20H24O6/c1-11-9-14-5-4-6-15(21)19(24)16(22)8-7-12(2)13(3)26-20(25)18(14)17(23)10-11/h4-5,7-10,12-13,15,19,21,23-24H,6H2,1-3H3/b5-4?,8-7-/t12-,13+,15+,19+/m1/s1. The monoisotopic (exact) mass is 360 g/mol. The van der Waals surface area contributed by atoms with Crippen LogP contribution in [0.2, 0.25) is 0 Å². The van der Waals surface area contributed by atoms with E-state index < -0.39 is 30.1 Å². The number of hydrogen-bond acceptors (Lipinski definition) is 6. The van der Waals surface area contributed by atoms with Crippen molar-refractivity contribution in [2.45, 2.75) is 45.5 Å². The second-order valence-corrected chi connectivity index (χ2v) is 6.63. The number of aromatic hydroxyl groups is 1. The first-order valence-electron chi connectivity index (χ1n) is 8.50. The van der Waals surface area contributed by atoms with Gasteiger partial charge in [-0.15, -0.1) is 0 Å². The second-order valence-electron chi connectivity index (χ2n) is 6.63. The SMILES string of the molecule is Cc1cc(O)c2c(c1)C=CC[C@H](O)[C@H](O)C(=O)/C=C\[C@@H](C)[C@H](C)OC2=O. The number of hydrogen-bond donors (Lipinski definition) is 3. The van der Waals surface area contributed by atoms with Crippen LogP contribution in [0.1, 0.15) is 41.8 Å². The van der Waals surface area contributed by atoms with E-state index in [9.17, 15) is 24.9 Å². The Morgan fingerprint density at radius 1 is 1.12 bits per heavy atom. The van der Waals surface area contributed by atoms with Crippen LogP contribution >= 0.6 is 0 Å². The Balaban J connectivity index is 2.48. The highest BCUT2D eigenvalue weighted by Gasteiger charge is 2.24. The minimum Gasteiger partial charge on any atom is -0.507 e. The van der Waals surface area contributed by atoms with Gasteiger partial charge in [0.1, 0.15) is 23.5 Å². The fourth-order valence-electron chi connectivity index (χ4n) is 2.64. The predicted octanol–water partition coefficient (Wildman–Crippen LogP) is 2.15. The van der Waals surface area contributed by atoms with Gasteiger partial charge in [0.2, 0.25) is 0 Å². The molecule has 0 radical (unpaired) electrons. The molecule has 6 heteroatoms. The van der Waals surface area contributed by atoms with Gasteiger partial charge in [0, 0.05) is 5.92 Å². The zero-order valence-corrected chi connectivity index (χ0v) is 15.0. The second kappa shape index (κ2) is 8.29. The highest BCUT2D eigenvalue weighted by atomic mass is 16.5. The van der Waals surface area contributed by atoms with Gasteiger partial charge in [-0.25, -0.2) is 4.79 Å². The first kappa shape index (κ1) is 19.9. The summed E-state index contributed by atoms with van der Waals surface area (Å²) in [6.07, 6.45) is 2.44. The number of ether oxygens (including phenoxy) is 1. The average molecular weight is 360 g/mol. The molecule has 0 fully saturated rings. The number of phenols is 1. The Labute approximate surface area is 152 Å². The van der Waals surface area contributed by atoms with E-state index in [4.69, 9.17) is 4.74 Å². The molecule has 1 aliphatic rings. The van der Waals surface area contributed by atoms with Crippen molar-refractivity contribution in [1.82, 2.24) is 0 Å². The molecule has 1 aromatic carbocycles. The number of aryl methyl sites for hydroxylation is 1. The van der Waals surface area contributed by atoms with Crippen molar-refractivity contribution in [1.29, 1.82) is 0 Å². The quantitative estimate of drug-likeness (QED) is 0.613. The molecular formula is C20H24O6. The van der Waals surface area contributed by atoms with Gasteiger partial charge in [0.25, 0.3) is 0 Å². The molecule has 2 rings (SSSR count).